The second-order valence-corrected chi connectivity index (χ2v) is 8.57. The number of aryl methyl sites for hydroxylation is 1. The number of rotatable bonds is 4. The van der Waals surface area contributed by atoms with E-state index in [9.17, 15) is 14.7 Å². The first-order valence-electron chi connectivity index (χ1n) is 10.8. The number of aromatic nitrogens is 2. The first-order valence-corrected chi connectivity index (χ1v) is 10.8. The van der Waals surface area contributed by atoms with Gasteiger partial charge in [-0.3, -0.25) is 9.48 Å². The first-order chi connectivity index (χ1) is 15.5. The quantitative estimate of drug-likeness (QED) is 0.680. The Morgan fingerprint density at radius 2 is 1.66 bits per heavy atom. The number of carboxylic acid groups (broad SMARTS) is 1. The molecule has 0 bridgehead atoms. The van der Waals surface area contributed by atoms with Crippen molar-refractivity contribution < 1.29 is 19.4 Å². The second-order valence-electron chi connectivity index (χ2n) is 8.57. The van der Waals surface area contributed by atoms with Gasteiger partial charge in [0.1, 0.15) is 6.61 Å². The Balaban J connectivity index is 1.33. The fraction of sp³-hybridized carbons (Fsp3) is 0.320. The predicted molar refractivity (Wildman–Crippen MR) is 118 cm³/mol. The molecule has 32 heavy (non-hydrogen) atoms. The minimum atomic E-state index is -0.910. The highest BCUT2D eigenvalue weighted by Crippen LogP contribution is 2.44. The van der Waals surface area contributed by atoms with Gasteiger partial charge >= 0.3 is 12.1 Å². The molecule has 5 rings (SSSR count). The van der Waals surface area contributed by atoms with Crippen molar-refractivity contribution in [3.8, 4) is 11.1 Å². The molecule has 1 amide bonds. The summed E-state index contributed by atoms with van der Waals surface area (Å²) in [6.07, 6.45) is 1.24. The lowest BCUT2D eigenvalue weighted by Crippen LogP contribution is -2.31. The number of fused-ring (bicyclic) bond motifs is 3. The van der Waals surface area contributed by atoms with Crippen LogP contribution in [0.2, 0.25) is 0 Å². The molecule has 1 N–H and O–H groups in total. The molecule has 2 unspecified atom stereocenters. The van der Waals surface area contributed by atoms with Gasteiger partial charge in [0.15, 0.2) is 0 Å². The molecule has 2 atom stereocenters. The molecule has 3 aromatic rings. The van der Waals surface area contributed by atoms with Crippen molar-refractivity contribution in [1.82, 2.24) is 14.7 Å². The molecular weight excluding hydrogens is 406 g/mol. The number of aliphatic carboxylic acids is 1. The van der Waals surface area contributed by atoms with Gasteiger partial charge in [-0.15, -0.1) is 0 Å². The van der Waals surface area contributed by atoms with Crippen LogP contribution >= 0.6 is 0 Å². The van der Waals surface area contributed by atoms with Gasteiger partial charge in [0, 0.05) is 37.7 Å². The molecule has 0 spiro atoms. The highest BCUT2D eigenvalue weighted by atomic mass is 16.6. The smallest absolute Gasteiger partial charge is 0.409 e. The van der Waals surface area contributed by atoms with Crippen molar-refractivity contribution in [3.63, 3.8) is 0 Å². The zero-order valence-corrected chi connectivity index (χ0v) is 18.1. The lowest BCUT2D eigenvalue weighted by Gasteiger charge is -2.19. The van der Waals surface area contributed by atoms with Gasteiger partial charge in [0.2, 0.25) is 0 Å². The fourth-order valence-corrected chi connectivity index (χ4v) is 5.08. The van der Waals surface area contributed by atoms with Crippen molar-refractivity contribution in [2.24, 2.45) is 13.0 Å². The van der Waals surface area contributed by atoms with E-state index in [0.29, 0.717) is 6.54 Å². The van der Waals surface area contributed by atoms with Gasteiger partial charge in [-0.1, -0.05) is 48.5 Å². The number of benzene rings is 2. The minimum Gasteiger partial charge on any atom is -0.481 e. The molecule has 1 aromatic heterocycles. The lowest BCUT2D eigenvalue weighted by molar-refractivity contribution is -0.141. The topological polar surface area (TPSA) is 84.7 Å². The molecule has 164 valence electrons. The Hall–Kier alpha value is -3.61. The molecule has 2 aromatic carbocycles. The second kappa shape index (κ2) is 7.82. The summed E-state index contributed by atoms with van der Waals surface area (Å²) in [7, 11) is 1.83. The van der Waals surface area contributed by atoms with Crippen LogP contribution in [0.15, 0.2) is 54.7 Å². The van der Waals surface area contributed by atoms with Crippen molar-refractivity contribution in [2.75, 3.05) is 19.7 Å². The monoisotopic (exact) mass is 431 g/mol. The van der Waals surface area contributed by atoms with Gasteiger partial charge in [0.25, 0.3) is 0 Å². The summed E-state index contributed by atoms with van der Waals surface area (Å²) in [5.74, 6) is -1.92. The van der Waals surface area contributed by atoms with Crippen LogP contribution in [0.3, 0.4) is 0 Å². The maximum Gasteiger partial charge on any atom is 0.409 e. The first kappa shape index (κ1) is 20.3. The number of likely N-dealkylation sites (tertiary alicyclic amines) is 1. The van der Waals surface area contributed by atoms with E-state index < -0.39 is 18.0 Å². The number of amides is 1. The minimum absolute atomic E-state index is 0.0272. The van der Waals surface area contributed by atoms with Crippen LogP contribution in [0.5, 0.6) is 0 Å². The maximum absolute atomic E-state index is 13.0. The summed E-state index contributed by atoms with van der Waals surface area (Å²) >= 11 is 0. The summed E-state index contributed by atoms with van der Waals surface area (Å²) in [6.45, 7) is 2.57. The van der Waals surface area contributed by atoms with Crippen LogP contribution < -0.4 is 0 Å². The highest BCUT2D eigenvalue weighted by molar-refractivity contribution is 5.79. The number of carbonyl (C=O) groups is 2. The molecule has 1 aliphatic heterocycles. The van der Waals surface area contributed by atoms with E-state index in [1.165, 1.54) is 16.0 Å². The maximum atomic E-state index is 13.0. The standard InChI is InChI=1S/C25H25N3O4/c1-15-20(11-26-27(15)2)21-12-28(13-22(21)24(29)30)25(31)32-14-23-18-9-5-3-7-16(18)17-8-4-6-10-19(17)23/h3-11,21-23H,12-14H2,1-2H3,(H,29,30). The average molecular weight is 431 g/mol. The Bertz CT molecular complexity index is 1160. The molecule has 7 nitrogen and oxygen atoms in total. The molecule has 7 heteroatoms. The van der Waals surface area contributed by atoms with E-state index in [0.717, 1.165) is 22.4 Å². The van der Waals surface area contributed by atoms with Crippen molar-refractivity contribution in [1.29, 1.82) is 0 Å². The summed E-state index contributed by atoms with van der Waals surface area (Å²) in [4.78, 5) is 26.4. The van der Waals surface area contributed by atoms with E-state index in [-0.39, 0.29) is 25.0 Å². The van der Waals surface area contributed by atoms with Gasteiger partial charge < -0.3 is 14.7 Å². The van der Waals surface area contributed by atoms with Crippen LogP contribution in [-0.2, 0) is 16.6 Å². The van der Waals surface area contributed by atoms with E-state index in [4.69, 9.17) is 4.74 Å². The van der Waals surface area contributed by atoms with E-state index in [1.807, 2.05) is 38.2 Å². The molecule has 2 heterocycles. The molecule has 0 radical (unpaired) electrons. The number of carboxylic acids is 1. The van der Waals surface area contributed by atoms with Crippen molar-refractivity contribution in [3.05, 3.63) is 77.1 Å². The number of carbonyl (C=O) groups excluding carboxylic acids is 1. The van der Waals surface area contributed by atoms with Crippen molar-refractivity contribution >= 4 is 12.1 Å². The number of hydrogen-bond acceptors (Lipinski definition) is 4. The largest absolute Gasteiger partial charge is 0.481 e. The summed E-state index contributed by atoms with van der Waals surface area (Å²) in [5, 5.41) is 14.0. The Morgan fingerprint density at radius 1 is 1.03 bits per heavy atom. The number of hydrogen-bond donors (Lipinski definition) is 1. The van der Waals surface area contributed by atoms with Gasteiger partial charge in [0.05, 0.1) is 12.1 Å². The Labute approximate surface area is 186 Å². The summed E-state index contributed by atoms with van der Waals surface area (Å²) in [6, 6.07) is 16.4. The average Bonchev–Trinajstić information content (AvgIpc) is 3.47. The molecule has 1 saturated heterocycles. The third-order valence-electron chi connectivity index (χ3n) is 6.90. The van der Waals surface area contributed by atoms with Gasteiger partial charge in [-0.05, 0) is 34.7 Å². The van der Waals surface area contributed by atoms with Crippen LogP contribution in [-0.4, -0.2) is 51.5 Å². The highest BCUT2D eigenvalue weighted by Gasteiger charge is 2.42. The van der Waals surface area contributed by atoms with Crippen LogP contribution in [0.1, 0.15) is 34.2 Å². The zero-order valence-electron chi connectivity index (χ0n) is 18.1. The predicted octanol–water partition coefficient (Wildman–Crippen LogP) is 3.78. The normalized spacial score (nSPS) is 19.6. The molecule has 0 saturated carbocycles. The fourth-order valence-electron chi connectivity index (χ4n) is 5.08. The van der Waals surface area contributed by atoms with Gasteiger partial charge in [-0.2, -0.15) is 5.10 Å². The lowest BCUT2D eigenvalue weighted by atomic mass is 9.89. The van der Waals surface area contributed by atoms with Crippen LogP contribution in [0.4, 0.5) is 4.79 Å². The SMILES string of the molecule is Cc1c(C2CN(C(=O)OCC3c4ccccc4-c4ccccc43)CC2C(=O)O)cnn1C. The molecule has 2 aliphatic rings. The molecule has 1 aliphatic carbocycles. The Morgan fingerprint density at radius 3 is 2.22 bits per heavy atom. The molecule has 1 fully saturated rings. The number of nitrogens with zero attached hydrogens (tertiary/aromatic N) is 3. The van der Waals surface area contributed by atoms with E-state index in [2.05, 4.69) is 29.4 Å². The summed E-state index contributed by atoms with van der Waals surface area (Å²) < 4.78 is 7.47. The van der Waals surface area contributed by atoms with E-state index in [1.54, 1.807) is 10.9 Å². The number of ether oxygens (including phenoxy) is 1. The Kier molecular flexibility index (Phi) is 4.96. The zero-order chi connectivity index (χ0) is 22.4. The summed E-state index contributed by atoms with van der Waals surface area (Å²) in [5.41, 5.74) is 6.42. The van der Waals surface area contributed by atoms with Crippen LogP contribution in [0, 0.1) is 12.8 Å². The third-order valence-corrected chi connectivity index (χ3v) is 6.90. The third kappa shape index (κ3) is 3.25. The van der Waals surface area contributed by atoms with Gasteiger partial charge in [-0.25, -0.2) is 4.79 Å². The van der Waals surface area contributed by atoms with E-state index >= 15 is 0 Å². The molecular formula is C25H25N3O4. The van der Waals surface area contributed by atoms with Crippen LogP contribution in [0.25, 0.3) is 11.1 Å². The van der Waals surface area contributed by atoms with Crippen molar-refractivity contribution in [2.45, 2.75) is 18.8 Å².